The molecule has 0 atom stereocenters. The van der Waals surface area contributed by atoms with Crippen molar-refractivity contribution in [1.29, 1.82) is 0 Å². The van der Waals surface area contributed by atoms with Crippen LogP contribution in [0, 0.1) is 6.92 Å². The molecular formula is C15H11F6NO2S. The summed E-state index contributed by atoms with van der Waals surface area (Å²) in [7, 11) is 0. The Morgan fingerprint density at radius 3 is 2.24 bits per heavy atom. The number of hydrogen-bond donors (Lipinski definition) is 1. The SMILES string of the molecule is Cc1cc(-c2ccc(OC(F)(F)F)cc2)c(C(=O)NCC(F)(F)F)s1. The molecule has 0 saturated carbocycles. The van der Waals surface area contributed by atoms with Crippen molar-refractivity contribution in [1.82, 2.24) is 5.32 Å². The highest BCUT2D eigenvalue weighted by atomic mass is 32.1. The van der Waals surface area contributed by atoms with Crippen LogP contribution in [-0.4, -0.2) is 25.0 Å². The van der Waals surface area contributed by atoms with Gasteiger partial charge in [0.15, 0.2) is 0 Å². The second-order valence-corrected chi connectivity index (χ2v) is 6.23. The Bertz CT molecular complexity index is 749. The summed E-state index contributed by atoms with van der Waals surface area (Å²) in [5, 5.41) is 1.78. The number of rotatable bonds is 4. The molecule has 10 heteroatoms. The Morgan fingerprint density at radius 2 is 1.72 bits per heavy atom. The Morgan fingerprint density at radius 1 is 1.12 bits per heavy atom. The lowest BCUT2D eigenvalue weighted by Crippen LogP contribution is -2.33. The van der Waals surface area contributed by atoms with Crippen LogP contribution in [0.15, 0.2) is 30.3 Å². The number of carbonyl (C=O) groups is 1. The normalized spacial score (nSPS) is 12.1. The molecule has 136 valence electrons. The Kier molecular flexibility index (Phi) is 5.31. The summed E-state index contributed by atoms with van der Waals surface area (Å²) in [5.74, 6) is -1.34. The highest BCUT2D eigenvalue weighted by molar-refractivity contribution is 7.14. The van der Waals surface area contributed by atoms with Crippen LogP contribution in [0.3, 0.4) is 0 Å². The molecule has 2 rings (SSSR count). The number of thiophene rings is 1. The predicted octanol–water partition coefficient (Wildman–Crippen LogP) is 4.91. The molecular weight excluding hydrogens is 372 g/mol. The van der Waals surface area contributed by atoms with Gasteiger partial charge in [0.05, 0.1) is 4.88 Å². The molecule has 0 saturated heterocycles. The Labute approximate surface area is 142 Å². The number of amides is 1. The zero-order chi connectivity index (χ0) is 18.8. The van der Waals surface area contributed by atoms with Crippen molar-refractivity contribution < 1.29 is 35.9 Å². The first-order valence-corrected chi connectivity index (χ1v) is 7.58. The number of hydrogen-bond acceptors (Lipinski definition) is 3. The van der Waals surface area contributed by atoms with E-state index < -0.39 is 30.7 Å². The number of benzene rings is 1. The van der Waals surface area contributed by atoms with E-state index in [4.69, 9.17) is 0 Å². The fourth-order valence-electron chi connectivity index (χ4n) is 1.99. The fraction of sp³-hybridized carbons (Fsp3) is 0.267. The van der Waals surface area contributed by atoms with E-state index in [0.29, 0.717) is 16.0 Å². The van der Waals surface area contributed by atoms with Crippen LogP contribution in [0.4, 0.5) is 26.3 Å². The van der Waals surface area contributed by atoms with Gasteiger partial charge in [0.1, 0.15) is 12.3 Å². The van der Waals surface area contributed by atoms with Crippen molar-refractivity contribution in [2.45, 2.75) is 19.5 Å². The minimum atomic E-state index is -4.83. The molecule has 2 aromatic rings. The zero-order valence-electron chi connectivity index (χ0n) is 12.6. The second kappa shape index (κ2) is 6.95. The molecule has 0 spiro atoms. The van der Waals surface area contributed by atoms with Gasteiger partial charge in [-0.3, -0.25) is 4.79 Å². The number of alkyl halides is 6. The van der Waals surface area contributed by atoms with E-state index in [1.807, 2.05) is 0 Å². The fourth-order valence-corrected chi connectivity index (χ4v) is 2.94. The maximum Gasteiger partial charge on any atom is 0.573 e. The van der Waals surface area contributed by atoms with Crippen molar-refractivity contribution >= 4 is 17.2 Å². The number of nitrogens with one attached hydrogen (secondary N) is 1. The van der Waals surface area contributed by atoms with Gasteiger partial charge in [-0.25, -0.2) is 0 Å². The minimum absolute atomic E-state index is 0.0474. The van der Waals surface area contributed by atoms with Crippen LogP contribution >= 0.6 is 11.3 Å². The maximum atomic E-state index is 12.2. The molecule has 1 heterocycles. The Hall–Kier alpha value is -2.23. The van der Waals surface area contributed by atoms with E-state index in [-0.39, 0.29) is 4.88 Å². The first kappa shape index (κ1) is 19.1. The average molecular weight is 383 g/mol. The lowest BCUT2D eigenvalue weighted by molar-refractivity contribution is -0.274. The van der Waals surface area contributed by atoms with E-state index in [1.165, 1.54) is 12.1 Å². The number of carbonyl (C=O) groups excluding carboxylic acids is 1. The quantitative estimate of drug-likeness (QED) is 0.762. The standard InChI is InChI=1S/C15H11F6NO2S/c1-8-6-11(12(25-8)13(23)22-7-14(16,17)18)9-2-4-10(5-3-9)24-15(19,20)21/h2-6H,7H2,1H3,(H,22,23). The molecule has 0 bridgehead atoms. The van der Waals surface area contributed by atoms with Gasteiger partial charge in [0, 0.05) is 10.4 Å². The third kappa shape index (κ3) is 5.66. The van der Waals surface area contributed by atoms with Crippen LogP contribution in [0.2, 0.25) is 0 Å². The summed E-state index contributed by atoms with van der Waals surface area (Å²) in [5.41, 5.74) is 0.719. The van der Waals surface area contributed by atoms with Crippen molar-refractivity contribution in [3.8, 4) is 16.9 Å². The van der Waals surface area contributed by atoms with Gasteiger partial charge in [-0.15, -0.1) is 24.5 Å². The third-order valence-electron chi connectivity index (χ3n) is 2.91. The van der Waals surface area contributed by atoms with E-state index in [2.05, 4.69) is 4.74 Å². The summed E-state index contributed by atoms with van der Waals surface area (Å²) >= 11 is 0.991. The van der Waals surface area contributed by atoms with Crippen molar-refractivity contribution in [2.75, 3.05) is 6.54 Å². The van der Waals surface area contributed by atoms with Crippen molar-refractivity contribution in [2.24, 2.45) is 0 Å². The number of aryl methyl sites for hydroxylation is 1. The molecule has 3 nitrogen and oxygen atoms in total. The maximum absolute atomic E-state index is 12.2. The molecule has 0 fully saturated rings. The van der Waals surface area contributed by atoms with Crippen LogP contribution < -0.4 is 10.1 Å². The van der Waals surface area contributed by atoms with Gasteiger partial charge in [-0.2, -0.15) is 13.2 Å². The van der Waals surface area contributed by atoms with E-state index in [9.17, 15) is 31.1 Å². The summed E-state index contributed by atoms with van der Waals surface area (Å²) in [6, 6.07) is 6.29. The average Bonchev–Trinajstić information content (AvgIpc) is 2.85. The van der Waals surface area contributed by atoms with E-state index in [1.54, 1.807) is 18.3 Å². The zero-order valence-corrected chi connectivity index (χ0v) is 13.4. The molecule has 25 heavy (non-hydrogen) atoms. The molecule has 1 N–H and O–H groups in total. The molecule has 0 aliphatic carbocycles. The molecule has 0 unspecified atom stereocenters. The number of ether oxygens (including phenoxy) is 1. The monoisotopic (exact) mass is 383 g/mol. The van der Waals surface area contributed by atoms with Gasteiger partial charge in [-0.1, -0.05) is 12.1 Å². The van der Waals surface area contributed by atoms with Gasteiger partial charge in [-0.05, 0) is 30.7 Å². The van der Waals surface area contributed by atoms with Crippen LogP contribution in [-0.2, 0) is 0 Å². The minimum Gasteiger partial charge on any atom is -0.406 e. The summed E-state index contributed by atoms with van der Waals surface area (Å²) < 4.78 is 76.9. The van der Waals surface area contributed by atoms with Crippen molar-refractivity contribution in [3.63, 3.8) is 0 Å². The van der Waals surface area contributed by atoms with Gasteiger partial charge in [0.2, 0.25) is 0 Å². The van der Waals surface area contributed by atoms with Gasteiger partial charge < -0.3 is 10.1 Å². The summed E-state index contributed by atoms with van der Waals surface area (Å²) in [6.45, 7) is 0.191. The summed E-state index contributed by atoms with van der Waals surface area (Å²) in [4.78, 5) is 12.7. The third-order valence-corrected chi connectivity index (χ3v) is 3.96. The van der Waals surface area contributed by atoms with E-state index in [0.717, 1.165) is 23.5 Å². The lowest BCUT2D eigenvalue weighted by Gasteiger charge is -2.10. The molecule has 0 aliphatic rings. The molecule has 1 aromatic carbocycles. The molecule has 0 aliphatic heterocycles. The van der Waals surface area contributed by atoms with Gasteiger partial charge in [0.25, 0.3) is 5.91 Å². The first-order chi connectivity index (χ1) is 11.4. The van der Waals surface area contributed by atoms with Crippen LogP contribution in [0.5, 0.6) is 5.75 Å². The van der Waals surface area contributed by atoms with Gasteiger partial charge >= 0.3 is 12.5 Å². The smallest absolute Gasteiger partial charge is 0.406 e. The van der Waals surface area contributed by atoms with E-state index >= 15 is 0 Å². The lowest BCUT2D eigenvalue weighted by atomic mass is 10.1. The van der Waals surface area contributed by atoms with Crippen molar-refractivity contribution in [3.05, 3.63) is 40.1 Å². The van der Waals surface area contributed by atoms with Crippen LogP contribution in [0.1, 0.15) is 14.5 Å². The highest BCUT2D eigenvalue weighted by Gasteiger charge is 2.31. The molecule has 0 radical (unpaired) electrons. The molecule has 1 amide bonds. The number of halogens is 6. The second-order valence-electron chi connectivity index (χ2n) is 4.97. The highest BCUT2D eigenvalue weighted by Crippen LogP contribution is 2.33. The summed E-state index contributed by atoms with van der Waals surface area (Å²) in [6.07, 6.45) is -9.37. The molecule has 1 aromatic heterocycles. The largest absolute Gasteiger partial charge is 0.573 e. The van der Waals surface area contributed by atoms with Crippen LogP contribution in [0.25, 0.3) is 11.1 Å². The Balaban J connectivity index is 2.24. The topological polar surface area (TPSA) is 38.3 Å². The first-order valence-electron chi connectivity index (χ1n) is 6.76. The predicted molar refractivity (Wildman–Crippen MR) is 79.6 cm³/mol.